The molecule has 0 aliphatic carbocycles. The van der Waals surface area contributed by atoms with E-state index in [1.165, 1.54) is 49.0 Å². The van der Waals surface area contributed by atoms with Crippen LogP contribution in [0, 0.1) is 0 Å². The summed E-state index contributed by atoms with van der Waals surface area (Å²) >= 11 is 0. The van der Waals surface area contributed by atoms with E-state index in [9.17, 15) is 0 Å². The second-order valence-electron chi connectivity index (χ2n) is 9.45. The highest BCUT2D eigenvalue weighted by Gasteiger charge is 2.26. The molecule has 6 rings (SSSR count). The highest BCUT2D eigenvalue weighted by Crippen LogP contribution is 2.57. The molecular formula is C33H27OP. The Hall–Kier alpha value is -3.67. The average molecular weight is 471 g/mol. The van der Waals surface area contributed by atoms with E-state index in [0.29, 0.717) is 18.5 Å². The zero-order valence-corrected chi connectivity index (χ0v) is 20.5. The fraction of sp³-hybridized carbons (Fsp3) is 0.0909. The Kier molecular flexibility index (Phi) is 5.72. The van der Waals surface area contributed by atoms with Crippen molar-refractivity contribution in [3.8, 4) is 0 Å². The summed E-state index contributed by atoms with van der Waals surface area (Å²) in [5, 5.41) is 7.20. The van der Waals surface area contributed by atoms with E-state index in [1.54, 1.807) is 0 Å². The molecule has 0 heterocycles. The fourth-order valence-electron chi connectivity index (χ4n) is 5.39. The van der Waals surface area contributed by atoms with Crippen LogP contribution in [0.5, 0.6) is 0 Å². The van der Waals surface area contributed by atoms with Gasteiger partial charge in [0.15, 0.2) is 0 Å². The average Bonchev–Trinajstić information content (AvgIpc) is 2.89. The van der Waals surface area contributed by atoms with Gasteiger partial charge in [0.2, 0.25) is 0 Å². The largest absolute Gasteiger partial charge is 0.323 e. The van der Waals surface area contributed by atoms with Crippen molar-refractivity contribution in [2.24, 2.45) is 0 Å². The molecule has 0 aliphatic heterocycles. The zero-order valence-electron chi connectivity index (χ0n) is 19.6. The van der Waals surface area contributed by atoms with Gasteiger partial charge in [-0.1, -0.05) is 127 Å². The van der Waals surface area contributed by atoms with Gasteiger partial charge in [-0.05, 0) is 49.0 Å². The van der Waals surface area contributed by atoms with Gasteiger partial charge in [-0.15, -0.1) is 0 Å². The van der Waals surface area contributed by atoms with Crippen LogP contribution in [0.3, 0.4) is 0 Å². The first-order valence-electron chi connectivity index (χ1n) is 12.2. The van der Waals surface area contributed by atoms with Gasteiger partial charge in [0, 0.05) is 18.5 Å². The van der Waals surface area contributed by atoms with Gasteiger partial charge in [0.25, 0.3) is 0 Å². The summed E-state index contributed by atoms with van der Waals surface area (Å²) in [6.07, 6.45) is 1.75. The van der Waals surface area contributed by atoms with Crippen molar-refractivity contribution in [1.29, 1.82) is 0 Å². The Bertz CT molecular complexity index is 1500. The van der Waals surface area contributed by atoms with Crippen molar-refractivity contribution in [3.63, 3.8) is 0 Å². The lowest BCUT2D eigenvalue weighted by Gasteiger charge is -2.22. The number of rotatable bonds is 6. The van der Waals surface area contributed by atoms with Crippen molar-refractivity contribution in [2.45, 2.75) is 18.5 Å². The van der Waals surface area contributed by atoms with Gasteiger partial charge < -0.3 is 4.57 Å². The first-order chi connectivity index (χ1) is 17.2. The van der Waals surface area contributed by atoms with Gasteiger partial charge in [-0.25, -0.2) is 0 Å². The lowest BCUT2D eigenvalue weighted by atomic mass is 10.1. The Morgan fingerprint density at radius 1 is 0.371 bits per heavy atom. The van der Waals surface area contributed by atoms with Crippen LogP contribution in [0.2, 0.25) is 0 Å². The molecule has 0 aromatic heterocycles. The minimum atomic E-state index is -2.70. The Morgan fingerprint density at radius 2 is 0.657 bits per heavy atom. The van der Waals surface area contributed by atoms with Crippen molar-refractivity contribution in [3.05, 3.63) is 144 Å². The molecule has 0 amide bonds. The number of hydrogen-bond acceptors (Lipinski definition) is 1. The molecule has 0 bridgehead atoms. The van der Waals surface area contributed by atoms with E-state index in [1.807, 2.05) is 0 Å². The topological polar surface area (TPSA) is 17.1 Å². The first-order valence-corrected chi connectivity index (χ1v) is 14.4. The van der Waals surface area contributed by atoms with Crippen molar-refractivity contribution < 1.29 is 4.57 Å². The normalized spacial score (nSPS) is 11.9. The van der Waals surface area contributed by atoms with Gasteiger partial charge in [0.1, 0.15) is 7.14 Å². The van der Waals surface area contributed by atoms with Crippen LogP contribution in [0.15, 0.2) is 127 Å². The minimum absolute atomic E-state index is 0.584. The summed E-state index contributed by atoms with van der Waals surface area (Å²) in [5.74, 6) is 0. The second kappa shape index (κ2) is 9.17. The van der Waals surface area contributed by atoms with Crippen LogP contribution in [-0.4, -0.2) is 0 Å². The summed E-state index contributed by atoms with van der Waals surface area (Å²) in [4.78, 5) is 0. The Labute approximate surface area is 206 Å². The molecule has 6 aromatic carbocycles. The maximum absolute atomic E-state index is 15.1. The summed E-state index contributed by atoms with van der Waals surface area (Å²) in [5.41, 5.74) is 3.52. The summed E-state index contributed by atoms with van der Waals surface area (Å²) < 4.78 is 15.1. The molecule has 0 radical (unpaired) electrons. The molecule has 35 heavy (non-hydrogen) atoms. The quantitative estimate of drug-likeness (QED) is 0.222. The molecule has 0 saturated heterocycles. The number of benzene rings is 6. The van der Waals surface area contributed by atoms with Gasteiger partial charge in [-0.3, -0.25) is 0 Å². The number of fused-ring (bicyclic) bond motifs is 3. The summed E-state index contributed by atoms with van der Waals surface area (Å²) in [7, 11) is -2.70. The SMILES string of the molecule is O=P(Cc1cccc2ccccc12)(Cc1cccc2ccccc12)Cc1cccc2ccccc12. The lowest BCUT2D eigenvalue weighted by molar-refractivity contribution is 0.572. The van der Waals surface area contributed by atoms with E-state index in [2.05, 4.69) is 127 Å². The summed E-state index contributed by atoms with van der Waals surface area (Å²) in [6.45, 7) is 0. The third-order valence-corrected chi connectivity index (χ3v) is 9.77. The van der Waals surface area contributed by atoms with Crippen LogP contribution in [-0.2, 0) is 23.1 Å². The Balaban J connectivity index is 1.48. The first kappa shape index (κ1) is 21.8. The number of hydrogen-bond donors (Lipinski definition) is 0. The monoisotopic (exact) mass is 470 g/mol. The van der Waals surface area contributed by atoms with Crippen molar-refractivity contribution in [2.75, 3.05) is 0 Å². The molecule has 0 aliphatic rings. The molecule has 170 valence electrons. The minimum Gasteiger partial charge on any atom is -0.323 e. The van der Waals surface area contributed by atoms with Crippen LogP contribution in [0.4, 0.5) is 0 Å². The third-order valence-electron chi connectivity index (χ3n) is 7.02. The molecular weight excluding hydrogens is 443 g/mol. The second-order valence-corrected chi connectivity index (χ2v) is 12.5. The van der Waals surface area contributed by atoms with Gasteiger partial charge in [0.05, 0.1) is 0 Å². The van der Waals surface area contributed by atoms with Crippen LogP contribution >= 0.6 is 7.14 Å². The van der Waals surface area contributed by atoms with Crippen molar-refractivity contribution >= 4 is 39.5 Å². The molecule has 6 aromatic rings. The highest BCUT2D eigenvalue weighted by molar-refractivity contribution is 7.61. The van der Waals surface area contributed by atoms with E-state index in [-0.39, 0.29) is 0 Å². The highest BCUT2D eigenvalue weighted by atomic mass is 31.2. The van der Waals surface area contributed by atoms with Gasteiger partial charge in [-0.2, -0.15) is 0 Å². The molecule has 0 saturated carbocycles. The molecule has 1 nitrogen and oxygen atoms in total. The maximum atomic E-state index is 15.1. The molecule has 0 spiro atoms. The predicted octanol–water partition coefficient (Wildman–Crippen LogP) is 9.41. The van der Waals surface area contributed by atoms with E-state index >= 15 is 4.57 Å². The zero-order chi connectivity index (χ0) is 23.7. The van der Waals surface area contributed by atoms with Crippen LogP contribution in [0.25, 0.3) is 32.3 Å². The standard InChI is InChI=1S/C33H27OP/c34-35(22-28-16-7-13-25-10-1-4-19-31(25)28,23-29-17-8-14-26-11-2-5-20-32(26)29)24-30-18-9-15-27-12-3-6-21-33(27)30/h1-21H,22-24H2. The molecule has 0 fully saturated rings. The summed E-state index contributed by atoms with van der Waals surface area (Å²) in [6, 6.07) is 44.5. The third kappa shape index (κ3) is 4.41. The smallest absolute Gasteiger partial charge is 0.100 e. The lowest BCUT2D eigenvalue weighted by Crippen LogP contribution is -2.00. The predicted molar refractivity (Wildman–Crippen MR) is 151 cm³/mol. The maximum Gasteiger partial charge on any atom is 0.100 e. The fourth-order valence-corrected chi connectivity index (χ4v) is 8.42. The van der Waals surface area contributed by atoms with Crippen LogP contribution < -0.4 is 0 Å². The van der Waals surface area contributed by atoms with E-state index < -0.39 is 7.14 Å². The van der Waals surface area contributed by atoms with E-state index in [0.717, 1.165) is 0 Å². The van der Waals surface area contributed by atoms with E-state index in [4.69, 9.17) is 0 Å². The van der Waals surface area contributed by atoms with Gasteiger partial charge >= 0.3 is 0 Å². The molecule has 0 unspecified atom stereocenters. The molecule has 2 heteroatoms. The molecule has 0 atom stereocenters. The molecule has 0 N–H and O–H groups in total. The van der Waals surface area contributed by atoms with Crippen LogP contribution in [0.1, 0.15) is 16.7 Å². The Morgan fingerprint density at radius 3 is 1.00 bits per heavy atom. The van der Waals surface area contributed by atoms with Crippen molar-refractivity contribution in [1.82, 2.24) is 0 Å².